The van der Waals surface area contributed by atoms with E-state index in [1.165, 1.54) is 0 Å². The zero-order chi connectivity index (χ0) is 21.8. The molecular formula is C25H29NO4. The highest BCUT2D eigenvalue weighted by atomic mass is 16.5. The van der Waals surface area contributed by atoms with Crippen LogP contribution in [-0.4, -0.2) is 26.2 Å². The molecular weight excluding hydrogens is 378 g/mol. The lowest BCUT2D eigenvalue weighted by molar-refractivity contribution is -0.117. The van der Waals surface area contributed by atoms with Crippen molar-refractivity contribution in [1.82, 2.24) is 5.32 Å². The van der Waals surface area contributed by atoms with E-state index in [4.69, 9.17) is 13.9 Å². The predicted octanol–water partition coefficient (Wildman–Crippen LogP) is 5.74. The van der Waals surface area contributed by atoms with Crippen LogP contribution < -0.4 is 14.8 Å². The Hall–Kier alpha value is -3.21. The van der Waals surface area contributed by atoms with Crippen molar-refractivity contribution < 1.29 is 18.7 Å². The number of carbonyl (C=O) groups excluding carboxylic acids is 1. The summed E-state index contributed by atoms with van der Waals surface area (Å²) in [6.45, 7) is 7.93. The molecule has 0 aliphatic heterocycles. The molecule has 3 rings (SSSR count). The minimum Gasteiger partial charge on any atom is -0.497 e. The molecule has 1 aromatic heterocycles. The van der Waals surface area contributed by atoms with E-state index in [9.17, 15) is 4.79 Å². The zero-order valence-corrected chi connectivity index (χ0v) is 18.5. The normalized spacial score (nSPS) is 12.7. The molecule has 1 N–H and O–H groups in total. The molecule has 0 spiro atoms. The third kappa shape index (κ3) is 4.20. The first kappa shape index (κ1) is 21.5. The first-order chi connectivity index (χ1) is 14.4. The highest BCUT2D eigenvalue weighted by molar-refractivity contribution is 6.01. The largest absolute Gasteiger partial charge is 0.497 e. The second-order valence-electron chi connectivity index (χ2n) is 7.48. The average molecular weight is 408 g/mol. The van der Waals surface area contributed by atoms with Gasteiger partial charge in [0, 0.05) is 34.2 Å². The molecule has 2 aromatic carbocycles. The number of allylic oxidation sites excluding steroid dienone is 1. The second kappa shape index (κ2) is 9.08. The van der Waals surface area contributed by atoms with E-state index in [0.717, 1.165) is 51.0 Å². The van der Waals surface area contributed by atoms with Crippen LogP contribution in [0.3, 0.4) is 0 Å². The molecule has 0 aliphatic rings. The van der Waals surface area contributed by atoms with Crippen molar-refractivity contribution in [3.8, 4) is 22.6 Å². The van der Waals surface area contributed by atoms with E-state index in [1.807, 2.05) is 58.0 Å². The number of rotatable bonds is 7. The van der Waals surface area contributed by atoms with E-state index >= 15 is 0 Å². The summed E-state index contributed by atoms with van der Waals surface area (Å²) < 4.78 is 16.9. The lowest BCUT2D eigenvalue weighted by Crippen LogP contribution is -2.30. The maximum atomic E-state index is 12.4. The fourth-order valence-corrected chi connectivity index (χ4v) is 3.53. The molecule has 5 heteroatoms. The average Bonchev–Trinajstić information content (AvgIpc) is 3.17. The van der Waals surface area contributed by atoms with Crippen LogP contribution in [0.1, 0.15) is 38.3 Å². The first-order valence-corrected chi connectivity index (χ1v) is 10.1. The second-order valence-corrected chi connectivity index (χ2v) is 7.48. The van der Waals surface area contributed by atoms with E-state index in [0.29, 0.717) is 5.75 Å². The van der Waals surface area contributed by atoms with Crippen molar-refractivity contribution in [2.24, 2.45) is 0 Å². The van der Waals surface area contributed by atoms with Crippen LogP contribution in [0.5, 0.6) is 11.5 Å². The monoisotopic (exact) mass is 407 g/mol. The maximum Gasteiger partial charge on any atom is 0.244 e. The van der Waals surface area contributed by atoms with E-state index in [-0.39, 0.29) is 11.9 Å². The standard InChI is InChI=1S/C25H29NO4/c1-7-16(3)26-23(27)12-15(2)20-13-21-22(18-8-10-19(28-5)11-9-18)14-30-25(21)17(4)24(20)29-6/h8-14,16H,7H2,1-6H3,(H,26,27)/b15-12+. The summed E-state index contributed by atoms with van der Waals surface area (Å²) in [7, 11) is 3.29. The Morgan fingerprint density at radius 2 is 1.90 bits per heavy atom. The van der Waals surface area contributed by atoms with Gasteiger partial charge in [-0.3, -0.25) is 4.79 Å². The summed E-state index contributed by atoms with van der Waals surface area (Å²) in [5.74, 6) is 1.41. The molecule has 0 fully saturated rings. The van der Waals surface area contributed by atoms with Crippen molar-refractivity contribution in [3.63, 3.8) is 0 Å². The number of amides is 1. The minimum absolute atomic E-state index is 0.107. The molecule has 1 heterocycles. The van der Waals surface area contributed by atoms with Crippen LogP contribution in [-0.2, 0) is 4.79 Å². The van der Waals surface area contributed by atoms with Gasteiger partial charge < -0.3 is 19.2 Å². The molecule has 0 aliphatic carbocycles. The Bertz CT molecular complexity index is 1080. The Kier molecular flexibility index (Phi) is 6.50. The molecule has 158 valence electrons. The number of hydrogen-bond donors (Lipinski definition) is 1. The number of carbonyl (C=O) groups is 1. The van der Waals surface area contributed by atoms with Gasteiger partial charge in [-0.2, -0.15) is 0 Å². The van der Waals surface area contributed by atoms with E-state index < -0.39 is 0 Å². The van der Waals surface area contributed by atoms with Crippen molar-refractivity contribution in [3.05, 3.63) is 53.8 Å². The Balaban J connectivity index is 2.11. The highest BCUT2D eigenvalue weighted by Gasteiger charge is 2.19. The summed E-state index contributed by atoms with van der Waals surface area (Å²) in [5.41, 5.74) is 5.40. The first-order valence-electron chi connectivity index (χ1n) is 10.1. The topological polar surface area (TPSA) is 60.7 Å². The molecule has 30 heavy (non-hydrogen) atoms. The summed E-state index contributed by atoms with van der Waals surface area (Å²) in [6, 6.07) is 10.0. The number of ether oxygens (including phenoxy) is 2. The van der Waals surface area contributed by atoms with Gasteiger partial charge in [-0.1, -0.05) is 19.1 Å². The van der Waals surface area contributed by atoms with Crippen molar-refractivity contribution in [2.75, 3.05) is 14.2 Å². The third-order valence-electron chi connectivity index (χ3n) is 5.42. The number of nitrogens with one attached hydrogen (secondary N) is 1. The highest BCUT2D eigenvalue weighted by Crippen LogP contribution is 2.40. The lowest BCUT2D eigenvalue weighted by atomic mass is 9.96. The van der Waals surface area contributed by atoms with Gasteiger partial charge in [0.1, 0.15) is 17.1 Å². The molecule has 1 amide bonds. The van der Waals surface area contributed by atoms with Gasteiger partial charge in [0.15, 0.2) is 0 Å². The number of aryl methyl sites for hydroxylation is 1. The number of methoxy groups -OCH3 is 2. The lowest BCUT2D eigenvalue weighted by Gasteiger charge is -2.14. The van der Waals surface area contributed by atoms with Gasteiger partial charge in [-0.25, -0.2) is 0 Å². The Morgan fingerprint density at radius 1 is 1.20 bits per heavy atom. The SMILES string of the molecule is CCC(C)NC(=O)/C=C(\C)c1cc2c(-c3ccc(OC)cc3)coc2c(C)c1OC. The Morgan fingerprint density at radius 3 is 2.50 bits per heavy atom. The maximum absolute atomic E-state index is 12.4. The van der Waals surface area contributed by atoms with Gasteiger partial charge in [0.05, 0.1) is 20.5 Å². The molecule has 0 bridgehead atoms. The van der Waals surface area contributed by atoms with Gasteiger partial charge in [0.2, 0.25) is 5.91 Å². The molecule has 0 radical (unpaired) electrons. The summed E-state index contributed by atoms with van der Waals surface area (Å²) in [4.78, 5) is 12.4. The summed E-state index contributed by atoms with van der Waals surface area (Å²) in [5, 5.41) is 3.95. The summed E-state index contributed by atoms with van der Waals surface area (Å²) in [6.07, 6.45) is 4.27. The van der Waals surface area contributed by atoms with Gasteiger partial charge in [-0.05, 0) is 56.5 Å². The predicted molar refractivity (Wildman–Crippen MR) is 121 cm³/mol. The van der Waals surface area contributed by atoms with Gasteiger partial charge in [0.25, 0.3) is 0 Å². The van der Waals surface area contributed by atoms with Crippen LogP contribution in [0.4, 0.5) is 0 Å². The smallest absolute Gasteiger partial charge is 0.244 e. The van der Waals surface area contributed by atoms with E-state index in [1.54, 1.807) is 26.6 Å². The number of fused-ring (bicyclic) bond motifs is 1. The van der Waals surface area contributed by atoms with Gasteiger partial charge in [-0.15, -0.1) is 0 Å². The van der Waals surface area contributed by atoms with Crippen LogP contribution >= 0.6 is 0 Å². The number of benzene rings is 2. The van der Waals surface area contributed by atoms with Crippen LogP contribution in [0.2, 0.25) is 0 Å². The molecule has 0 saturated heterocycles. The van der Waals surface area contributed by atoms with E-state index in [2.05, 4.69) is 5.32 Å². The molecule has 3 aromatic rings. The molecule has 1 atom stereocenters. The van der Waals surface area contributed by atoms with Crippen molar-refractivity contribution in [2.45, 2.75) is 40.2 Å². The quantitative estimate of drug-likeness (QED) is 0.507. The third-order valence-corrected chi connectivity index (χ3v) is 5.42. The summed E-state index contributed by atoms with van der Waals surface area (Å²) >= 11 is 0. The molecule has 0 saturated carbocycles. The minimum atomic E-state index is -0.107. The van der Waals surface area contributed by atoms with Crippen LogP contribution in [0.15, 0.2) is 47.1 Å². The Labute approximate surface area is 177 Å². The number of furan rings is 1. The van der Waals surface area contributed by atoms with Gasteiger partial charge >= 0.3 is 0 Å². The van der Waals surface area contributed by atoms with Crippen LogP contribution in [0, 0.1) is 6.92 Å². The van der Waals surface area contributed by atoms with Crippen molar-refractivity contribution in [1.29, 1.82) is 0 Å². The molecule has 5 nitrogen and oxygen atoms in total. The number of hydrogen-bond acceptors (Lipinski definition) is 4. The molecule has 1 unspecified atom stereocenters. The zero-order valence-electron chi connectivity index (χ0n) is 18.5. The fourth-order valence-electron chi connectivity index (χ4n) is 3.53. The van der Waals surface area contributed by atoms with Crippen molar-refractivity contribution >= 4 is 22.4 Å². The fraction of sp³-hybridized carbons (Fsp3) is 0.320. The van der Waals surface area contributed by atoms with Crippen LogP contribution in [0.25, 0.3) is 27.7 Å².